The van der Waals surface area contributed by atoms with Gasteiger partial charge in [0.1, 0.15) is 0 Å². The molecule has 0 bridgehead atoms. The smallest absolute Gasteiger partial charge is 0.0547 e. The molecule has 0 aliphatic carbocycles. The van der Waals surface area contributed by atoms with Crippen LogP contribution >= 0.6 is 22.6 Å². The maximum atomic E-state index is 9.40. The van der Waals surface area contributed by atoms with Crippen molar-refractivity contribution in [2.45, 2.75) is 58.0 Å². The third-order valence-electron chi connectivity index (χ3n) is 2.08. The number of hydrogen-bond acceptors (Lipinski definition) is 1. The lowest BCUT2D eigenvalue weighted by Gasteiger charge is -2.07. The molecule has 0 spiro atoms. The van der Waals surface area contributed by atoms with Gasteiger partial charge in [0.2, 0.25) is 0 Å². The molecule has 0 amide bonds. The fraction of sp³-hybridized carbons (Fsp3) is 1.00. The van der Waals surface area contributed by atoms with Crippen LogP contribution in [0.5, 0.6) is 0 Å². The second-order valence-electron chi connectivity index (χ2n) is 3.33. The van der Waals surface area contributed by atoms with Crippen LogP contribution in [0.15, 0.2) is 0 Å². The van der Waals surface area contributed by atoms with Gasteiger partial charge in [0.15, 0.2) is 0 Å². The molecule has 0 fully saturated rings. The fourth-order valence-electron chi connectivity index (χ4n) is 1.25. The number of aliphatic hydroxyl groups excluding tert-OH is 1. The van der Waals surface area contributed by atoms with Crippen molar-refractivity contribution < 1.29 is 5.11 Å². The molecular weight excluding hydrogens is 263 g/mol. The number of halogens is 1. The summed E-state index contributed by atoms with van der Waals surface area (Å²) in [5.74, 6) is 0. The molecule has 0 saturated carbocycles. The molecule has 1 atom stereocenters. The van der Waals surface area contributed by atoms with Crippen molar-refractivity contribution in [3.63, 3.8) is 0 Å². The highest BCUT2D eigenvalue weighted by Gasteiger charge is 2.01. The zero-order valence-corrected chi connectivity index (χ0v) is 10.2. The van der Waals surface area contributed by atoms with Crippen molar-refractivity contribution in [3.05, 3.63) is 0 Å². The summed E-state index contributed by atoms with van der Waals surface area (Å²) in [6.45, 7) is 2.23. The molecule has 0 aliphatic rings. The van der Waals surface area contributed by atoms with E-state index < -0.39 is 0 Å². The van der Waals surface area contributed by atoms with Crippen LogP contribution in [0.25, 0.3) is 0 Å². The SMILES string of the molecule is CCCCCCC[C@@H](O)CCI. The Kier molecular flexibility index (Phi) is 10.3. The van der Waals surface area contributed by atoms with Gasteiger partial charge in [-0.25, -0.2) is 0 Å². The van der Waals surface area contributed by atoms with Crippen molar-refractivity contribution in [2.75, 3.05) is 4.43 Å². The second-order valence-corrected chi connectivity index (χ2v) is 4.41. The van der Waals surface area contributed by atoms with Gasteiger partial charge in [-0.2, -0.15) is 0 Å². The van der Waals surface area contributed by atoms with E-state index in [-0.39, 0.29) is 6.10 Å². The lowest BCUT2D eigenvalue weighted by Crippen LogP contribution is -2.06. The van der Waals surface area contributed by atoms with Gasteiger partial charge in [0.25, 0.3) is 0 Å². The van der Waals surface area contributed by atoms with E-state index in [2.05, 4.69) is 29.5 Å². The summed E-state index contributed by atoms with van der Waals surface area (Å²) in [6, 6.07) is 0. The maximum Gasteiger partial charge on any atom is 0.0547 e. The first kappa shape index (κ1) is 12.7. The van der Waals surface area contributed by atoms with E-state index in [0.717, 1.165) is 17.3 Å². The number of hydrogen-bond donors (Lipinski definition) is 1. The van der Waals surface area contributed by atoms with Crippen molar-refractivity contribution in [1.82, 2.24) is 0 Å². The maximum absolute atomic E-state index is 9.40. The zero-order valence-electron chi connectivity index (χ0n) is 8.06. The molecule has 2 heteroatoms. The largest absolute Gasteiger partial charge is 0.393 e. The van der Waals surface area contributed by atoms with Crippen molar-refractivity contribution in [1.29, 1.82) is 0 Å². The van der Waals surface area contributed by atoms with E-state index in [0.29, 0.717) is 0 Å². The van der Waals surface area contributed by atoms with Crippen molar-refractivity contribution in [2.24, 2.45) is 0 Å². The molecule has 0 rings (SSSR count). The predicted molar refractivity (Wildman–Crippen MR) is 62.9 cm³/mol. The number of alkyl halides is 1. The summed E-state index contributed by atoms with van der Waals surface area (Å²) in [5, 5.41) is 9.40. The van der Waals surface area contributed by atoms with Crippen LogP contribution in [0, 0.1) is 0 Å². The topological polar surface area (TPSA) is 20.2 Å². The summed E-state index contributed by atoms with van der Waals surface area (Å²) < 4.78 is 1.08. The Bertz CT molecular complexity index is 85.9. The summed E-state index contributed by atoms with van der Waals surface area (Å²) in [5.41, 5.74) is 0. The van der Waals surface area contributed by atoms with Gasteiger partial charge >= 0.3 is 0 Å². The first-order chi connectivity index (χ1) is 5.81. The Balaban J connectivity index is 2.97. The van der Waals surface area contributed by atoms with Crippen LogP contribution in [0.1, 0.15) is 51.9 Å². The van der Waals surface area contributed by atoms with E-state index >= 15 is 0 Å². The molecule has 0 heterocycles. The minimum atomic E-state index is -0.0384. The normalized spacial score (nSPS) is 13.2. The van der Waals surface area contributed by atoms with Gasteiger partial charge in [0, 0.05) is 4.43 Å². The van der Waals surface area contributed by atoms with Gasteiger partial charge < -0.3 is 5.11 Å². The Hall–Kier alpha value is 0.690. The van der Waals surface area contributed by atoms with Crippen LogP contribution in [0.2, 0.25) is 0 Å². The molecule has 0 aromatic carbocycles. The average molecular weight is 284 g/mol. The first-order valence-corrected chi connectivity index (χ1v) is 6.57. The van der Waals surface area contributed by atoms with Gasteiger partial charge in [-0.3, -0.25) is 0 Å². The Morgan fingerprint density at radius 2 is 1.75 bits per heavy atom. The van der Waals surface area contributed by atoms with Crippen LogP contribution in [-0.2, 0) is 0 Å². The highest BCUT2D eigenvalue weighted by Crippen LogP contribution is 2.09. The lowest BCUT2D eigenvalue weighted by atomic mass is 10.1. The van der Waals surface area contributed by atoms with Crippen LogP contribution in [-0.4, -0.2) is 15.6 Å². The lowest BCUT2D eigenvalue weighted by molar-refractivity contribution is 0.158. The highest BCUT2D eigenvalue weighted by atomic mass is 127. The van der Waals surface area contributed by atoms with Crippen LogP contribution in [0.4, 0.5) is 0 Å². The molecule has 1 N–H and O–H groups in total. The molecule has 0 radical (unpaired) electrons. The summed E-state index contributed by atoms with van der Waals surface area (Å²) in [7, 11) is 0. The minimum Gasteiger partial charge on any atom is -0.393 e. The molecule has 74 valence electrons. The Labute approximate surface area is 90.1 Å². The quantitative estimate of drug-likeness (QED) is 0.410. The summed E-state index contributed by atoms with van der Waals surface area (Å²) in [4.78, 5) is 0. The molecule has 0 unspecified atom stereocenters. The van der Waals surface area contributed by atoms with E-state index in [1.807, 2.05) is 0 Å². The van der Waals surface area contributed by atoms with Gasteiger partial charge in [-0.05, 0) is 12.8 Å². The van der Waals surface area contributed by atoms with E-state index in [1.54, 1.807) is 0 Å². The van der Waals surface area contributed by atoms with Gasteiger partial charge in [-0.1, -0.05) is 61.6 Å². The molecule has 0 aromatic rings. The molecular formula is C10H21IO. The van der Waals surface area contributed by atoms with Crippen molar-refractivity contribution >= 4 is 22.6 Å². The number of aliphatic hydroxyl groups is 1. The van der Waals surface area contributed by atoms with Crippen LogP contribution < -0.4 is 0 Å². The van der Waals surface area contributed by atoms with E-state index in [1.165, 1.54) is 32.1 Å². The monoisotopic (exact) mass is 284 g/mol. The predicted octanol–water partition coefficient (Wildman–Crippen LogP) is 3.53. The Morgan fingerprint density at radius 1 is 1.08 bits per heavy atom. The van der Waals surface area contributed by atoms with Crippen LogP contribution in [0.3, 0.4) is 0 Å². The third kappa shape index (κ3) is 8.78. The summed E-state index contributed by atoms with van der Waals surface area (Å²) >= 11 is 2.32. The van der Waals surface area contributed by atoms with E-state index in [4.69, 9.17) is 0 Å². The molecule has 0 saturated heterocycles. The Morgan fingerprint density at radius 3 is 2.33 bits per heavy atom. The van der Waals surface area contributed by atoms with Gasteiger partial charge in [0.05, 0.1) is 6.10 Å². The first-order valence-electron chi connectivity index (χ1n) is 5.05. The molecule has 1 nitrogen and oxygen atoms in total. The fourth-order valence-corrected chi connectivity index (χ4v) is 1.97. The van der Waals surface area contributed by atoms with E-state index in [9.17, 15) is 5.11 Å². The third-order valence-corrected chi connectivity index (χ3v) is 2.71. The molecule has 0 aromatic heterocycles. The number of unbranched alkanes of at least 4 members (excludes halogenated alkanes) is 4. The average Bonchev–Trinajstić information content (AvgIpc) is 2.05. The molecule has 0 aliphatic heterocycles. The van der Waals surface area contributed by atoms with Gasteiger partial charge in [-0.15, -0.1) is 0 Å². The second kappa shape index (κ2) is 9.78. The molecule has 12 heavy (non-hydrogen) atoms. The van der Waals surface area contributed by atoms with Crippen molar-refractivity contribution in [3.8, 4) is 0 Å². The summed E-state index contributed by atoms with van der Waals surface area (Å²) in [6.07, 6.45) is 8.43. The standard InChI is InChI=1S/C10H21IO/c1-2-3-4-5-6-7-10(12)8-9-11/h10,12H,2-9H2,1H3/t10-/m1/s1. The number of rotatable bonds is 8. The highest BCUT2D eigenvalue weighted by molar-refractivity contribution is 14.1. The minimum absolute atomic E-state index is 0.0384. The zero-order chi connectivity index (χ0) is 9.23.